The molecule has 45 heavy (non-hydrogen) atoms. The number of hydrogen-bond acceptors (Lipinski definition) is 8. The molecule has 0 radical (unpaired) electrons. The van der Waals surface area contributed by atoms with Crippen LogP contribution in [0, 0.1) is 6.92 Å². The highest BCUT2D eigenvalue weighted by Crippen LogP contribution is 2.49. The van der Waals surface area contributed by atoms with Crippen molar-refractivity contribution >= 4 is 23.5 Å². The van der Waals surface area contributed by atoms with Crippen LogP contribution in [0.1, 0.15) is 67.8 Å². The third-order valence-corrected chi connectivity index (χ3v) is 9.66. The van der Waals surface area contributed by atoms with E-state index in [1.54, 1.807) is 12.2 Å². The Hall–Kier alpha value is -3.41. The van der Waals surface area contributed by atoms with Gasteiger partial charge >= 0.3 is 0 Å². The second-order valence-electron chi connectivity index (χ2n) is 12.8. The molecule has 0 bridgehead atoms. The van der Waals surface area contributed by atoms with Gasteiger partial charge < -0.3 is 24.2 Å². The minimum Gasteiger partial charge on any atom is -0.374 e. The molecule has 4 aliphatic heterocycles. The number of hydrogen-bond donors (Lipinski definition) is 0. The Morgan fingerprint density at radius 2 is 1.96 bits per heavy atom. The lowest BCUT2D eigenvalue weighted by Gasteiger charge is -2.49. The van der Waals surface area contributed by atoms with Crippen molar-refractivity contribution in [2.24, 2.45) is 0 Å². The average Bonchev–Trinajstić information content (AvgIpc) is 3.33. The molecule has 1 amide bonds. The summed E-state index contributed by atoms with van der Waals surface area (Å²) >= 11 is 0. The van der Waals surface area contributed by atoms with Gasteiger partial charge in [-0.15, -0.1) is 0 Å². The number of pyridine rings is 2. The summed E-state index contributed by atoms with van der Waals surface area (Å²) in [4.78, 5) is 29.8. The molecule has 2 aromatic rings. The van der Waals surface area contributed by atoms with E-state index in [0.717, 1.165) is 48.7 Å². The number of piperazine rings is 1. The Labute approximate surface area is 264 Å². The molecule has 4 aliphatic rings. The van der Waals surface area contributed by atoms with Gasteiger partial charge in [-0.3, -0.25) is 14.7 Å². The van der Waals surface area contributed by atoms with Crippen molar-refractivity contribution in [3.05, 3.63) is 65.1 Å². The van der Waals surface area contributed by atoms with Gasteiger partial charge in [-0.05, 0) is 51.8 Å². The van der Waals surface area contributed by atoms with Gasteiger partial charge in [0.1, 0.15) is 11.5 Å². The maximum Gasteiger partial charge on any atom is 0.281 e. The number of allylic oxidation sites excluding steroid dienone is 1. The Bertz CT molecular complexity index is 1450. The van der Waals surface area contributed by atoms with Crippen molar-refractivity contribution in [3.8, 4) is 0 Å². The number of anilines is 2. The quantitative estimate of drug-likeness (QED) is 0.348. The average molecular weight is 623 g/mol. The highest BCUT2D eigenvalue weighted by Gasteiger charge is 2.52. The number of rotatable bonds is 10. The Morgan fingerprint density at radius 3 is 2.56 bits per heavy atom. The minimum atomic E-state index is -2.71. The minimum absolute atomic E-state index is 0.0269. The van der Waals surface area contributed by atoms with Gasteiger partial charge in [0.05, 0.1) is 25.0 Å². The summed E-state index contributed by atoms with van der Waals surface area (Å²) in [6.45, 7) is 17.6. The molecule has 1 unspecified atom stereocenters. The zero-order valence-electron chi connectivity index (χ0n) is 26.7. The number of aromatic nitrogens is 2. The van der Waals surface area contributed by atoms with Crippen molar-refractivity contribution in [2.75, 3.05) is 68.8 Å². The third kappa shape index (κ3) is 5.86. The Kier molecular flexibility index (Phi) is 8.96. The van der Waals surface area contributed by atoms with Crippen LogP contribution in [0.3, 0.4) is 0 Å². The second kappa shape index (κ2) is 12.8. The monoisotopic (exact) mass is 622 g/mol. The van der Waals surface area contributed by atoms with Crippen molar-refractivity contribution in [1.82, 2.24) is 19.8 Å². The first-order valence-corrected chi connectivity index (χ1v) is 16.0. The molecule has 2 aromatic heterocycles. The summed E-state index contributed by atoms with van der Waals surface area (Å²) < 4.78 is 41.4. The summed E-state index contributed by atoms with van der Waals surface area (Å²) in [5.41, 5.74) is 3.80. The molecule has 1 spiro atoms. The molecular weight excluding hydrogens is 578 g/mol. The van der Waals surface area contributed by atoms with E-state index < -0.39 is 12.0 Å². The molecule has 9 nitrogen and oxygen atoms in total. The molecular formula is C34H44F2N6O3. The number of alkyl halides is 2. The van der Waals surface area contributed by atoms with Crippen molar-refractivity contribution in [2.45, 2.75) is 64.3 Å². The third-order valence-electron chi connectivity index (χ3n) is 9.66. The van der Waals surface area contributed by atoms with E-state index in [2.05, 4.69) is 52.0 Å². The molecule has 242 valence electrons. The number of fused-ring (bicyclic) bond motifs is 2. The van der Waals surface area contributed by atoms with Gasteiger partial charge in [0, 0.05) is 87.0 Å². The van der Waals surface area contributed by atoms with Gasteiger partial charge in [-0.2, -0.15) is 0 Å². The number of nitrogens with zero attached hydrogens (tertiary/aromatic N) is 6. The molecule has 6 heterocycles. The smallest absolute Gasteiger partial charge is 0.281 e. The van der Waals surface area contributed by atoms with Gasteiger partial charge in [-0.25, -0.2) is 13.8 Å². The van der Waals surface area contributed by atoms with Crippen molar-refractivity contribution in [3.63, 3.8) is 0 Å². The number of aryl methyl sites for hydroxylation is 1. The molecule has 0 aliphatic carbocycles. The Morgan fingerprint density at radius 1 is 1.22 bits per heavy atom. The van der Waals surface area contributed by atoms with Crippen LogP contribution in [-0.4, -0.2) is 96.8 Å². The zero-order chi connectivity index (χ0) is 31.9. The SMILES string of the molecule is C=CC(=O)N1CCN(C2CN(c3cc(N(CCC4OC5(COC5)c5nccc(C)c54)C(C)C)nc(C(F)F)c3/C=C\C)C2)CC1. The number of carbonyl (C=O) groups is 1. The fraction of sp³-hybridized carbons (Fsp3) is 0.559. The van der Waals surface area contributed by atoms with Crippen molar-refractivity contribution < 1.29 is 23.0 Å². The van der Waals surface area contributed by atoms with Crippen molar-refractivity contribution in [1.29, 1.82) is 0 Å². The first-order valence-electron chi connectivity index (χ1n) is 16.0. The molecule has 11 heteroatoms. The number of amides is 1. The fourth-order valence-electron chi connectivity index (χ4n) is 7.09. The predicted molar refractivity (Wildman–Crippen MR) is 171 cm³/mol. The first kappa shape index (κ1) is 31.6. The van der Waals surface area contributed by atoms with Crippen LogP contribution >= 0.6 is 0 Å². The van der Waals surface area contributed by atoms with E-state index in [1.165, 1.54) is 6.08 Å². The number of ether oxygens (including phenoxy) is 2. The van der Waals surface area contributed by atoms with Crippen LogP contribution in [0.25, 0.3) is 6.08 Å². The van der Waals surface area contributed by atoms with Gasteiger partial charge in [0.15, 0.2) is 5.60 Å². The van der Waals surface area contributed by atoms with E-state index in [1.807, 2.05) is 30.2 Å². The highest BCUT2D eigenvalue weighted by atomic mass is 19.3. The fourth-order valence-corrected chi connectivity index (χ4v) is 7.09. The topological polar surface area (TPSA) is 74.3 Å². The van der Waals surface area contributed by atoms with E-state index in [0.29, 0.717) is 56.7 Å². The van der Waals surface area contributed by atoms with Crippen LogP contribution in [0.2, 0.25) is 0 Å². The maximum atomic E-state index is 14.6. The lowest BCUT2D eigenvalue weighted by Crippen LogP contribution is -2.63. The zero-order valence-corrected chi connectivity index (χ0v) is 26.7. The predicted octanol–water partition coefficient (Wildman–Crippen LogP) is 4.88. The van der Waals surface area contributed by atoms with Gasteiger partial charge in [-0.1, -0.05) is 18.7 Å². The molecule has 0 aromatic carbocycles. The summed E-state index contributed by atoms with van der Waals surface area (Å²) in [6.07, 6.45) is 4.53. The summed E-state index contributed by atoms with van der Waals surface area (Å²) in [6, 6.07) is 4.32. The maximum absolute atomic E-state index is 14.6. The van der Waals surface area contributed by atoms with Crippen LogP contribution < -0.4 is 9.80 Å². The van der Waals surface area contributed by atoms with Gasteiger partial charge in [0.25, 0.3) is 6.43 Å². The normalized spacial score (nSPS) is 21.5. The van der Waals surface area contributed by atoms with E-state index >= 15 is 0 Å². The number of carbonyl (C=O) groups excluding carboxylic acids is 1. The van der Waals surface area contributed by atoms with Crippen LogP contribution in [-0.2, 0) is 19.9 Å². The largest absolute Gasteiger partial charge is 0.374 e. The molecule has 0 N–H and O–H groups in total. The molecule has 3 saturated heterocycles. The van der Waals surface area contributed by atoms with E-state index in [9.17, 15) is 13.6 Å². The Balaban J connectivity index is 1.22. The van der Waals surface area contributed by atoms with E-state index in [-0.39, 0.29) is 23.7 Å². The van der Waals surface area contributed by atoms with Crippen LogP contribution in [0.4, 0.5) is 20.3 Å². The lowest BCUT2D eigenvalue weighted by atomic mass is 9.92. The second-order valence-corrected chi connectivity index (χ2v) is 12.8. The molecule has 6 rings (SSSR count). The molecule has 1 atom stereocenters. The van der Waals surface area contributed by atoms with Gasteiger partial charge in [0.2, 0.25) is 5.91 Å². The summed E-state index contributed by atoms with van der Waals surface area (Å²) in [7, 11) is 0. The lowest BCUT2D eigenvalue weighted by molar-refractivity contribution is -0.226. The summed E-state index contributed by atoms with van der Waals surface area (Å²) in [5, 5.41) is 0. The number of halogens is 2. The highest BCUT2D eigenvalue weighted by molar-refractivity contribution is 5.87. The molecule has 3 fully saturated rings. The summed E-state index contributed by atoms with van der Waals surface area (Å²) in [5.74, 6) is 0.512. The first-order chi connectivity index (χ1) is 21.7. The van der Waals surface area contributed by atoms with Crippen LogP contribution in [0.5, 0.6) is 0 Å². The standard InChI is InChI=1S/C34H44F2N6O3/c1-6-8-25-26(41-18-24(19-41)39-13-15-40(16-14-39)29(43)7-2)17-28(38-31(25)33(35)36)42(22(3)4)12-10-27-30-23(5)9-11-37-32(30)34(45-27)20-44-21-34/h6-9,11,17,22,24,27,33H,2,10,12-16,18-21H2,1,3-5H3/b8-6-. The molecule has 0 saturated carbocycles. The van der Waals surface area contributed by atoms with E-state index in [4.69, 9.17) is 9.47 Å². The van der Waals surface area contributed by atoms with Crippen LogP contribution in [0.15, 0.2) is 37.1 Å².